The van der Waals surface area contributed by atoms with Crippen LogP contribution in [0.1, 0.15) is 6.42 Å². The summed E-state index contributed by atoms with van der Waals surface area (Å²) in [6.45, 7) is 0.537. The molecule has 0 fully saturated rings. The minimum absolute atomic E-state index is 0.142. The zero-order chi connectivity index (χ0) is 11.1. The fourth-order valence-electron chi connectivity index (χ4n) is 1.12. The van der Waals surface area contributed by atoms with E-state index in [1.54, 1.807) is 7.05 Å². The monoisotopic (exact) mass is 268 g/mol. The van der Waals surface area contributed by atoms with Gasteiger partial charge in [-0.3, -0.25) is 0 Å². The van der Waals surface area contributed by atoms with Crippen molar-refractivity contribution in [3.05, 3.63) is 28.7 Å². The molecule has 4 heteroatoms. The van der Waals surface area contributed by atoms with Crippen LogP contribution in [0, 0.1) is 11.3 Å². The van der Waals surface area contributed by atoms with E-state index in [4.69, 9.17) is 10.00 Å². The van der Waals surface area contributed by atoms with E-state index in [9.17, 15) is 0 Å². The smallest absolute Gasteiger partial charge is 0.120 e. The first-order valence-corrected chi connectivity index (χ1v) is 5.51. The zero-order valence-electron chi connectivity index (χ0n) is 8.53. The Bertz CT molecular complexity index is 349. The lowest BCUT2D eigenvalue weighted by atomic mass is 10.2. The maximum absolute atomic E-state index is 8.69. The normalized spacial score (nSPS) is 11.8. The van der Waals surface area contributed by atoms with Crippen molar-refractivity contribution in [1.82, 2.24) is 5.32 Å². The first kappa shape index (κ1) is 12.0. The molecule has 0 aromatic heterocycles. The van der Waals surface area contributed by atoms with Crippen LogP contribution in [0.25, 0.3) is 0 Å². The first-order valence-electron chi connectivity index (χ1n) is 4.71. The number of halogens is 1. The summed E-state index contributed by atoms with van der Waals surface area (Å²) in [7, 11) is 1.77. The lowest BCUT2D eigenvalue weighted by Crippen LogP contribution is -2.25. The maximum Gasteiger partial charge on any atom is 0.120 e. The Morgan fingerprint density at radius 1 is 1.60 bits per heavy atom. The van der Waals surface area contributed by atoms with Crippen molar-refractivity contribution in [2.75, 3.05) is 13.7 Å². The molecule has 1 aromatic rings. The molecule has 0 heterocycles. The number of benzene rings is 1. The second-order valence-corrected chi connectivity index (χ2v) is 3.98. The summed E-state index contributed by atoms with van der Waals surface area (Å²) in [5.41, 5.74) is 0. The van der Waals surface area contributed by atoms with Gasteiger partial charge in [0.05, 0.1) is 18.7 Å². The lowest BCUT2D eigenvalue weighted by molar-refractivity contribution is 0.300. The van der Waals surface area contributed by atoms with Gasteiger partial charge in [-0.25, -0.2) is 0 Å². The van der Waals surface area contributed by atoms with Gasteiger partial charge in [0.15, 0.2) is 0 Å². The molecular weight excluding hydrogens is 256 g/mol. The summed E-state index contributed by atoms with van der Waals surface area (Å²) in [4.78, 5) is 0. The van der Waals surface area contributed by atoms with Crippen LogP contribution >= 0.6 is 15.9 Å². The molecule has 0 saturated carbocycles. The van der Waals surface area contributed by atoms with E-state index in [1.165, 1.54) is 0 Å². The van der Waals surface area contributed by atoms with Gasteiger partial charge >= 0.3 is 0 Å². The highest BCUT2D eigenvalue weighted by Crippen LogP contribution is 2.17. The van der Waals surface area contributed by atoms with Gasteiger partial charge in [0.1, 0.15) is 5.75 Å². The summed E-state index contributed by atoms with van der Waals surface area (Å²) in [6.07, 6.45) is 0.680. The van der Waals surface area contributed by atoms with Crippen LogP contribution < -0.4 is 10.1 Å². The van der Waals surface area contributed by atoms with Crippen molar-refractivity contribution in [2.24, 2.45) is 0 Å². The van der Waals surface area contributed by atoms with E-state index < -0.39 is 0 Å². The second-order valence-electron chi connectivity index (χ2n) is 3.06. The molecule has 1 unspecified atom stereocenters. The first-order chi connectivity index (χ1) is 7.26. The number of ether oxygens (including phenoxy) is 1. The van der Waals surface area contributed by atoms with Crippen molar-refractivity contribution in [2.45, 2.75) is 12.5 Å². The van der Waals surface area contributed by atoms with E-state index in [0.717, 1.165) is 10.2 Å². The fraction of sp³-hybridized carbons (Fsp3) is 0.364. The highest BCUT2D eigenvalue weighted by Gasteiger charge is 2.03. The molecule has 1 aromatic carbocycles. The lowest BCUT2D eigenvalue weighted by Gasteiger charge is -2.09. The highest BCUT2D eigenvalue weighted by atomic mass is 79.9. The van der Waals surface area contributed by atoms with Crippen LogP contribution in [0.5, 0.6) is 5.75 Å². The molecule has 0 aliphatic heterocycles. The van der Waals surface area contributed by atoms with E-state index >= 15 is 0 Å². The maximum atomic E-state index is 8.69. The quantitative estimate of drug-likeness (QED) is 0.892. The van der Waals surface area contributed by atoms with Crippen molar-refractivity contribution in [1.29, 1.82) is 5.26 Å². The Kier molecular flexibility index (Phi) is 5.16. The Morgan fingerprint density at radius 2 is 2.40 bits per heavy atom. The van der Waals surface area contributed by atoms with Crippen LogP contribution in [0.2, 0.25) is 0 Å². The molecule has 0 amide bonds. The molecule has 0 radical (unpaired) electrons. The Hall–Kier alpha value is -1.05. The third kappa shape index (κ3) is 4.32. The van der Waals surface area contributed by atoms with Crippen LogP contribution in [0.4, 0.5) is 0 Å². The predicted octanol–water partition coefficient (Wildman–Crippen LogP) is 2.33. The van der Waals surface area contributed by atoms with Gasteiger partial charge < -0.3 is 10.1 Å². The zero-order valence-corrected chi connectivity index (χ0v) is 10.1. The summed E-state index contributed by atoms with van der Waals surface area (Å²) in [5, 5.41) is 11.6. The van der Waals surface area contributed by atoms with Gasteiger partial charge in [-0.2, -0.15) is 5.26 Å². The van der Waals surface area contributed by atoms with Crippen molar-refractivity contribution >= 4 is 15.9 Å². The minimum atomic E-state index is -0.142. The summed E-state index contributed by atoms with van der Waals surface area (Å²) in [6, 6.07) is 9.66. The molecular formula is C11H13BrN2O. The molecule has 0 saturated heterocycles. The molecule has 80 valence electrons. The van der Waals surface area contributed by atoms with E-state index in [2.05, 4.69) is 27.3 Å². The molecule has 1 rings (SSSR count). The summed E-state index contributed by atoms with van der Waals surface area (Å²) >= 11 is 3.37. The topological polar surface area (TPSA) is 45.0 Å². The largest absolute Gasteiger partial charge is 0.493 e. The number of hydrogen-bond acceptors (Lipinski definition) is 3. The van der Waals surface area contributed by atoms with E-state index in [0.29, 0.717) is 13.0 Å². The standard InChI is InChI=1S/C11H13BrN2O/c1-14-10(8-13)5-6-15-11-4-2-3-9(12)7-11/h2-4,7,10,14H,5-6H2,1H3. The van der Waals surface area contributed by atoms with Crippen LogP contribution in [0.15, 0.2) is 28.7 Å². The number of nitrogens with one attached hydrogen (secondary N) is 1. The molecule has 15 heavy (non-hydrogen) atoms. The molecule has 1 atom stereocenters. The van der Waals surface area contributed by atoms with Gasteiger partial charge in [0, 0.05) is 10.9 Å². The molecule has 0 spiro atoms. The van der Waals surface area contributed by atoms with Crippen molar-refractivity contribution in [3.63, 3.8) is 0 Å². The Labute approximate surface area is 98.2 Å². The van der Waals surface area contributed by atoms with Gasteiger partial charge in [-0.1, -0.05) is 22.0 Å². The minimum Gasteiger partial charge on any atom is -0.493 e. The van der Waals surface area contributed by atoms with Gasteiger partial charge in [-0.15, -0.1) is 0 Å². The summed E-state index contributed by atoms with van der Waals surface area (Å²) < 4.78 is 6.49. The van der Waals surface area contributed by atoms with Crippen LogP contribution in [0.3, 0.4) is 0 Å². The number of nitriles is 1. The Morgan fingerprint density at radius 3 is 3.00 bits per heavy atom. The molecule has 3 nitrogen and oxygen atoms in total. The van der Waals surface area contributed by atoms with Gasteiger partial charge in [0.25, 0.3) is 0 Å². The number of hydrogen-bond donors (Lipinski definition) is 1. The summed E-state index contributed by atoms with van der Waals surface area (Å²) in [5.74, 6) is 0.817. The molecule has 0 aliphatic rings. The molecule has 0 bridgehead atoms. The number of nitrogens with zero attached hydrogens (tertiary/aromatic N) is 1. The molecule has 0 aliphatic carbocycles. The van der Waals surface area contributed by atoms with E-state index in [1.807, 2.05) is 24.3 Å². The van der Waals surface area contributed by atoms with Gasteiger partial charge in [0.2, 0.25) is 0 Å². The SMILES string of the molecule is CNC(C#N)CCOc1cccc(Br)c1. The van der Waals surface area contributed by atoms with Crippen LogP contribution in [-0.4, -0.2) is 19.7 Å². The number of rotatable bonds is 5. The molecule has 1 N–H and O–H groups in total. The highest BCUT2D eigenvalue weighted by molar-refractivity contribution is 9.10. The second kappa shape index (κ2) is 6.44. The Balaban J connectivity index is 2.35. The van der Waals surface area contributed by atoms with Crippen LogP contribution in [-0.2, 0) is 0 Å². The third-order valence-electron chi connectivity index (χ3n) is 1.98. The van der Waals surface area contributed by atoms with Crippen molar-refractivity contribution < 1.29 is 4.74 Å². The van der Waals surface area contributed by atoms with Gasteiger partial charge in [-0.05, 0) is 25.2 Å². The van der Waals surface area contributed by atoms with E-state index in [-0.39, 0.29) is 6.04 Å². The average molecular weight is 269 g/mol. The third-order valence-corrected chi connectivity index (χ3v) is 2.47. The average Bonchev–Trinajstić information content (AvgIpc) is 2.25. The van der Waals surface area contributed by atoms with Crippen molar-refractivity contribution in [3.8, 4) is 11.8 Å². The predicted molar refractivity (Wildman–Crippen MR) is 62.7 cm³/mol. The fourth-order valence-corrected chi connectivity index (χ4v) is 1.50.